The molecule has 1 heterocycles. The number of epoxide rings is 1. The van der Waals surface area contributed by atoms with Gasteiger partial charge in [-0.15, -0.1) is 0 Å². The molecule has 1 saturated heterocycles. The van der Waals surface area contributed by atoms with Crippen LogP contribution in [0, 0.1) is 0 Å². The van der Waals surface area contributed by atoms with Crippen LogP contribution in [0.15, 0.2) is 42.0 Å². The van der Waals surface area contributed by atoms with Gasteiger partial charge in [-0.1, -0.05) is 42.0 Å². The van der Waals surface area contributed by atoms with Gasteiger partial charge in [-0.05, 0) is 19.4 Å². The maximum atomic E-state index is 5.54. The summed E-state index contributed by atoms with van der Waals surface area (Å²) in [6.45, 7) is 4.20. The third kappa shape index (κ3) is 1.99. The Balaban J connectivity index is 2.05. The Labute approximate surface area is 79.0 Å². The van der Waals surface area contributed by atoms with Crippen molar-refractivity contribution in [2.45, 2.75) is 26.1 Å². The minimum Gasteiger partial charge on any atom is -0.360 e. The predicted octanol–water partition coefficient (Wildman–Crippen LogP) is 3.09. The molecule has 1 aromatic rings. The molecule has 0 bridgehead atoms. The van der Waals surface area contributed by atoms with E-state index < -0.39 is 0 Å². The number of rotatable bonds is 2. The van der Waals surface area contributed by atoms with E-state index in [0.717, 1.165) is 0 Å². The Kier molecular flexibility index (Phi) is 2.19. The molecule has 0 aliphatic carbocycles. The van der Waals surface area contributed by atoms with Gasteiger partial charge >= 0.3 is 0 Å². The van der Waals surface area contributed by atoms with Crippen molar-refractivity contribution in [3.8, 4) is 0 Å². The molecule has 1 aliphatic heterocycles. The molecular formula is C12H14O. The monoisotopic (exact) mass is 174 g/mol. The van der Waals surface area contributed by atoms with Gasteiger partial charge in [0.15, 0.2) is 0 Å². The van der Waals surface area contributed by atoms with E-state index in [1.165, 1.54) is 11.1 Å². The van der Waals surface area contributed by atoms with E-state index in [9.17, 15) is 0 Å². The van der Waals surface area contributed by atoms with Crippen LogP contribution in [0.2, 0.25) is 0 Å². The molecule has 13 heavy (non-hydrogen) atoms. The molecule has 1 aliphatic rings. The van der Waals surface area contributed by atoms with Crippen LogP contribution < -0.4 is 0 Å². The lowest BCUT2D eigenvalue weighted by Gasteiger charge is -1.92. The molecular weight excluding hydrogens is 160 g/mol. The number of allylic oxidation sites excluding steroid dienone is 1. The van der Waals surface area contributed by atoms with Crippen LogP contribution in [0.4, 0.5) is 0 Å². The van der Waals surface area contributed by atoms with Crippen LogP contribution >= 0.6 is 0 Å². The molecule has 1 aromatic carbocycles. The summed E-state index contributed by atoms with van der Waals surface area (Å²) in [5.41, 5.74) is 2.61. The molecule has 0 aromatic heterocycles. The molecule has 0 spiro atoms. The number of ether oxygens (including phenoxy) is 1. The van der Waals surface area contributed by atoms with Crippen molar-refractivity contribution < 1.29 is 4.74 Å². The molecule has 2 rings (SSSR count). The number of hydrogen-bond donors (Lipinski definition) is 0. The zero-order valence-electron chi connectivity index (χ0n) is 8.03. The van der Waals surface area contributed by atoms with Crippen molar-refractivity contribution in [2.75, 3.05) is 0 Å². The first-order valence-corrected chi connectivity index (χ1v) is 4.63. The Morgan fingerprint density at radius 2 is 1.92 bits per heavy atom. The third-order valence-corrected chi connectivity index (χ3v) is 2.15. The van der Waals surface area contributed by atoms with E-state index in [0.29, 0.717) is 12.2 Å². The molecule has 1 heteroatoms. The van der Waals surface area contributed by atoms with Gasteiger partial charge < -0.3 is 4.74 Å². The predicted molar refractivity (Wildman–Crippen MR) is 53.5 cm³/mol. The highest BCUT2D eigenvalue weighted by molar-refractivity contribution is 5.25. The standard InChI is InChI=1S/C12H14O/c1-9(2)8-11-12(13-11)10-6-4-3-5-7-10/h3-8,11-12H,1-2H3/t11-,12+/m1/s1. The number of benzene rings is 1. The Bertz CT molecular complexity index is 309. The zero-order valence-corrected chi connectivity index (χ0v) is 8.03. The fourth-order valence-electron chi connectivity index (χ4n) is 1.49. The quantitative estimate of drug-likeness (QED) is 0.496. The second-order valence-corrected chi connectivity index (χ2v) is 3.68. The van der Waals surface area contributed by atoms with E-state index in [-0.39, 0.29) is 0 Å². The smallest absolute Gasteiger partial charge is 0.113 e. The van der Waals surface area contributed by atoms with Crippen molar-refractivity contribution in [1.82, 2.24) is 0 Å². The highest BCUT2D eigenvalue weighted by Crippen LogP contribution is 2.39. The van der Waals surface area contributed by atoms with E-state index in [4.69, 9.17) is 4.74 Å². The van der Waals surface area contributed by atoms with Gasteiger partial charge in [-0.25, -0.2) is 0 Å². The van der Waals surface area contributed by atoms with Gasteiger partial charge in [0.2, 0.25) is 0 Å². The average molecular weight is 174 g/mol. The summed E-state index contributed by atoms with van der Waals surface area (Å²) in [5, 5.41) is 0. The molecule has 68 valence electrons. The van der Waals surface area contributed by atoms with Crippen LogP contribution in [0.25, 0.3) is 0 Å². The van der Waals surface area contributed by atoms with Crippen molar-refractivity contribution >= 4 is 0 Å². The second kappa shape index (κ2) is 3.35. The van der Waals surface area contributed by atoms with Crippen molar-refractivity contribution in [1.29, 1.82) is 0 Å². The first-order valence-electron chi connectivity index (χ1n) is 4.63. The fourth-order valence-corrected chi connectivity index (χ4v) is 1.49. The summed E-state index contributed by atoms with van der Waals surface area (Å²) >= 11 is 0. The third-order valence-electron chi connectivity index (χ3n) is 2.15. The van der Waals surface area contributed by atoms with Crippen molar-refractivity contribution in [3.05, 3.63) is 47.5 Å². The summed E-state index contributed by atoms with van der Waals surface area (Å²) in [4.78, 5) is 0. The van der Waals surface area contributed by atoms with Crippen molar-refractivity contribution in [3.63, 3.8) is 0 Å². The van der Waals surface area contributed by atoms with Crippen LogP contribution in [0.3, 0.4) is 0 Å². The average Bonchev–Trinajstić information content (AvgIpc) is 2.84. The van der Waals surface area contributed by atoms with Crippen LogP contribution in [0.5, 0.6) is 0 Å². The topological polar surface area (TPSA) is 12.5 Å². The molecule has 1 nitrogen and oxygen atoms in total. The molecule has 0 N–H and O–H groups in total. The summed E-state index contributed by atoms with van der Waals surface area (Å²) in [6.07, 6.45) is 2.79. The molecule has 1 fully saturated rings. The van der Waals surface area contributed by atoms with E-state index in [1.807, 2.05) is 6.07 Å². The normalized spacial score (nSPS) is 25.4. The van der Waals surface area contributed by atoms with E-state index >= 15 is 0 Å². The largest absolute Gasteiger partial charge is 0.360 e. The molecule has 0 unspecified atom stereocenters. The second-order valence-electron chi connectivity index (χ2n) is 3.68. The molecule has 2 atom stereocenters. The van der Waals surface area contributed by atoms with Gasteiger partial charge in [-0.2, -0.15) is 0 Å². The summed E-state index contributed by atoms with van der Waals surface area (Å²) in [7, 11) is 0. The van der Waals surface area contributed by atoms with E-state index in [1.54, 1.807) is 0 Å². The lowest BCUT2D eigenvalue weighted by atomic mass is 10.1. The zero-order chi connectivity index (χ0) is 9.26. The van der Waals surface area contributed by atoms with Gasteiger partial charge in [0.25, 0.3) is 0 Å². The van der Waals surface area contributed by atoms with E-state index in [2.05, 4.69) is 44.2 Å². The molecule has 0 amide bonds. The minimum atomic E-state index is 0.302. The Morgan fingerprint density at radius 3 is 2.54 bits per heavy atom. The molecule has 0 radical (unpaired) electrons. The Hall–Kier alpha value is -1.08. The maximum Gasteiger partial charge on any atom is 0.113 e. The van der Waals surface area contributed by atoms with Gasteiger partial charge in [0.05, 0.1) is 0 Å². The summed E-state index contributed by atoms with van der Waals surface area (Å²) in [5.74, 6) is 0. The first kappa shape index (κ1) is 8.52. The molecule has 0 saturated carbocycles. The first-order chi connectivity index (χ1) is 6.27. The van der Waals surface area contributed by atoms with Crippen LogP contribution in [-0.2, 0) is 4.74 Å². The minimum absolute atomic E-state index is 0.302. The highest BCUT2D eigenvalue weighted by atomic mass is 16.6. The van der Waals surface area contributed by atoms with Gasteiger partial charge in [-0.3, -0.25) is 0 Å². The summed E-state index contributed by atoms with van der Waals surface area (Å²) < 4.78 is 5.54. The van der Waals surface area contributed by atoms with Gasteiger partial charge in [0.1, 0.15) is 12.2 Å². The Morgan fingerprint density at radius 1 is 1.23 bits per heavy atom. The summed E-state index contributed by atoms with van der Waals surface area (Å²) in [6, 6.07) is 10.4. The lowest BCUT2D eigenvalue weighted by molar-refractivity contribution is 0.393. The lowest BCUT2D eigenvalue weighted by Crippen LogP contribution is -1.84. The number of hydrogen-bond acceptors (Lipinski definition) is 1. The van der Waals surface area contributed by atoms with Crippen molar-refractivity contribution in [2.24, 2.45) is 0 Å². The maximum absolute atomic E-state index is 5.54. The van der Waals surface area contributed by atoms with Gasteiger partial charge in [0, 0.05) is 0 Å². The SMILES string of the molecule is CC(C)=C[C@H]1O[C@H]1c1ccccc1. The highest BCUT2D eigenvalue weighted by Gasteiger charge is 2.37. The van der Waals surface area contributed by atoms with Crippen LogP contribution in [-0.4, -0.2) is 6.10 Å². The fraction of sp³-hybridized carbons (Fsp3) is 0.333. The van der Waals surface area contributed by atoms with Crippen LogP contribution in [0.1, 0.15) is 25.5 Å².